The fourth-order valence-electron chi connectivity index (χ4n) is 2.80. The Hall–Kier alpha value is -1.51. The third-order valence-corrected chi connectivity index (χ3v) is 3.94. The molecule has 19 heavy (non-hydrogen) atoms. The molecule has 3 nitrogen and oxygen atoms in total. The molecule has 104 valence electrons. The van der Waals surface area contributed by atoms with E-state index in [4.69, 9.17) is 5.73 Å². The number of benzene rings is 1. The monoisotopic (exact) mass is 260 g/mol. The molecule has 0 bridgehead atoms. The van der Waals surface area contributed by atoms with Gasteiger partial charge in [0.15, 0.2) is 0 Å². The molecular weight excluding hydrogens is 236 g/mol. The molecule has 1 aromatic rings. The van der Waals surface area contributed by atoms with Crippen LogP contribution in [0.4, 0.5) is 5.69 Å². The summed E-state index contributed by atoms with van der Waals surface area (Å²) in [5, 5.41) is 3.17. The Morgan fingerprint density at radius 2 is 2.16 bits per heavy atom. The molecule has 1 aliphatic rings. The first-order chi connectivity index (χ1) is 9.13. The van der Waals surface area contributed by atoms with E-state index < -0.39 is 0 Å². The van der Waals surface area contributed by atoms with Crippen molar-refractivity contribution in [2.24, 2.45) is 5.92 Å². The van der Waals surface area contributed by atoms with Gasteiger partial charge in [-0.05, 0) is 42.9 Å². The Kier molecular flexibility index (Phi) is 4.83. The molecule has 2 atom stereocenters. The van der Waals surface area contributed by atoms with Crippen LogP contribution in [0.25, 0.3) is 0 Å². The second-order valence-electron chi connectivity index (χ2n) is 5.80. The van der Waals surface area contributed by atoms with E-state index in [2.05, 4.69) is 12.2 Å². The standard InChI is InChI=1S/C16H24N2O/c1-12-4-2-7-15(9-8-12)18-16(19)11-13-5-3-6-14(17)10-13/h3,5-6,10,12,15H,2,4,7-9,11,17H2,1H3,(H,18,19). The van der Waals surface area contributed by atoms with Crippen LogP contribution < -0.4 is 11.1 Å². The normalized spacial score (nSPS) is 23.6. The molecule has 1 aromatic carbocycles. The first kappa shape index (κ1) is 13.9. The lowest BCUT2D eigenvalue weighted by Crippen LogP contribution is -2.35. The summed E-state index contributed by atoms with van der Waals surface area (Å²) >= 11 is 0. The van der Waals surface area contributed by atoms with Gasteiger partial charge >= 0.3 is 0 Å². The highest BCUT2D eigenvalue weighted by Gasteiger charge is 2.17. The maximum atomic E-state index is 12.0. The lowest BCUT2D eigenvalue weighted by molar-refractivity contribution is -0.121. The molecule has 2 unspecified atom stereocenters. The van der Waals surface area contributed by atoms with Crippen molar-refractivity contribution >= 4 is 11.6 Å². The molecule has 1 fully saturated rings. The molecule has 0 aromatic heterocycles. The molecule has 3 N–H and O–H groups in total. The zero-order valence-corrected chi connectivity index (χ0v) is 11.7. The lowest BCUT2D eigenvalue weighted by Gasteiger charge is -2.16. The highest BCUT2D eigenvalue weighted by atomic mass is 16.1. The van der Waals surface area contributed by atoms with Crippen molar-refractivity contribution in [3.05, 3.63) is 29.8 Å². The van der Waals surface area contributed by atoms with E-state index in [0.29, 0.717) is 18.2 Å². The summed E-state index contributed by atoms with van der Waals surface area (Å²) in [6, 6.07) is 7.91. The number of anilines is 1. The minimum atomic E-state index is 0.116. The summed E-state index contributed by atoms with van der Waals surface area (Å²) in [6.45, 7) is 2.30. The summed E-state index contributed by atoms with van der Waals surface area (Å²) in [5.41, 5.74) is 7.42. The first-order valence-corrected chi connectivity index (χ1v) is 7.27. The number of hydrogen-bond acceptors (Lipinski definition) is 2. The second kappa shape index (κ2) is 6.60. The van der Waals surface area contributed by atoms with E-state index in [1.165, 1.54) is 19.3 Å². The molecule has 1 saturated carbocycles. The second-order valence-corrected chi connectivity index (χ2v) is 5.80. The van der Waals surface area contributed by atoms with Gasteiger partial charge in [0.05, 0.1) is 6.42 Å². The van der Waals surface area contributed by atoms with Gasteiger partial charge in [-0.1, -0.05) is 31.9 Å². The van der Waals surface area contributed by atoms with Crippen LogP contribution in [-0.4, -0.2) is 11.9 Å². The van der Waals surface area contributed by atoms with Crippen LogP contribution in [0.1, 0.15) is 44.6 Å². The zero-order chi connectivity index (χ0) is 13.7. The Morgan fingerprint density at radius 3 is 2.95 bits per heavy atom. The van der Waals surface area contributed by atoms with Crippen LogP contribution in [-0.2, 0) is 11.2 Å². The number of rotatable bonds is 3. The van der Waals surface area contributed by atoms with E-state index in [9.17, 15) is 4.79 Å². The average Bonchev–Trinajstić information content (AvgIpc) is 2.54. The number of amides is 1. The SMILES string of the molecule is CC1CCCC(NC(=O)Cc2cccc(N)c2)CC1. The maximum Gasteiger partial charge on any atom is 0.224 e. The van der Waals surface area contributed by atoms with Gasteiger partial charge in [0.2, 0.25) is 5.91 Å². The molecule has 0 aliphatic heterocycles. The van der Waals surface area contributed by atoms with Crippen LogP contribution in [0.3, 0.4) is 0 Å². The molecule has 0 heterocycles. The van der Waals surface area contributed by atoms with E-state index in [1.807, 2.05) is 24.3 Å². The predicted molar refractivity (Wildman–Crippen MR) is 78.7 cm³/mol. The third kappa shape index (κ3) is 4.58. The van der Waals surface area contributed by atoms with E-state index in [1.54, 1.807) is 0 Å². The fourth-order valence-corrected chi connectivity index (χ4v) is 2.80. The number of nitrogens with one attached hydrogen (secondary N) is 1. The van der Waals surface area contributed by atoms with Gasteiger partial charge < -0.3 is 11.1 Å². The zero-order valence-electron chi connectivity index (χ0n) is 11.7. The van der Waals surface area contributed by atoms with E-state index in [-0.39, 0.29) is 5.91 Å². The van der Waals surface area contributed by atoms with Gasteiger partial charge in [0.1, 0.15) is 0 Å². The Morgan fingerprint density at radius 1 is 1.32 bits per heavy atom. The third-order valence-electron chi connectivity index (χ3n) is 3.94. The maximum absolute atomic E-state index is 12.0. The van der Waals surface area contributed by atoms with Crippen molar-refractivity contribution in [3.8, 4) is 0 Å². The fraction of sp³-hybridized carbons (Fsp3) is 0.562. The quantitative estimate of drug-likeness (QED) is 0.648. The molecule has 2 rings (SSSR count). The van der Waals surface area contributed by atoms with Gasteiger partial charge in [-0.3, -0.25) is 4.79 Å². The summed E-state index contributed by atoms with van der Waals surface area (Å²) in [5.74, 6) is 0.918. The van der Waals surface area contributed by atoms with E-state index >= 15 is 0 Å². The molecular formula is C16H24N2O. The van der Waals surface area contributed by atoms with Crippen molar-refractivity contribution in [2.75, 3.05) is 5.73 Å². The van der Waals surface area contributed by atoms with Crippen LogP contribution in [0, 0.1) is 5.92 Å². The first-order valence-electron chi connectivity index (χ1n) is 7.27. The highest BCUT2D eigenvalue weighted by molar-refractivity contribution is 5.79. The van der Waals surface area contributed by atoms with Gasteiger partial charge in [0.25, 0.3) is 0 Å². The Balaban J connectivity index is 1.84. The number of hydrogen-bond donors (Lipinski definition) is 2. The topological polar surface area (TPSA) is 55.1 Å². The Labute approximate surface area is 115 Å². The van der Waals surface area contributed by atoms with Crippen molar-refractivity contribution in [1.82, 2.24) is 5.32 Å². The molecule has 1 aliphatic carbocycles. The molecule has 1 amide bonds. The summed E-state index contributed by atoms with van der Waals surface area (Å²) in [7, 11) is 0. The lowest BCUT2D eigenvalue weighted by atomic mass is 10.0. The smallest absolute Gasteiger partial charge is 0.224 e. The Bertz CT molecular complexity index is 431. The van der Waals surface area contributed by atoms with Gasteiger partial charge in [-0.25, -0.2) is 0 Å². The van der Waals surface area contributed by atoms with Crippen LogP contribution in [0.5, 0.6) is 0 Å². The van der Waals surface area contributed by atoms with Gasteiger partial charge in [-0.2, -0.15) is 0 Å². The van der Waals surface area contributed by atoms with Crippen molar-refractivity contribution in [3.63, 3.8) is 0 Å². The summed E-state index contributed by atoms with van der Waals surface area (Å²) in [4.78, 5) is 12.0. The summed E-state index contributed by atoms with van der Waals surface area (Å²) < 4.78 is 0. The summed E-state index contributed by atoms with van der Waals surface area (Å²) in [6.07, 6.45) is 6.41. The predicted octanol–water partition coefficient (Wildman–Crippen LogP) is 2.90. The highest BCUT2D eigenvalue weighted by Crippen LogP contribution is 2.22. The minimum absolute atomic E-state index is 0.116. The number of carbonyl (C=O) groups excluding carboxylic acids is 1. The molecule has 0 radical (unpaired) electrons. The molecule has 3 heteroatoms. The van der Waals surface area contributed by atoms with Crippen molar-refractivity contribution < 1.29 is 4.79 Å². The number of nitrogen functional groups attached to an aromatic ring is 1. The van der Waals surface area contributed by atoms with Crippen LogP contribution >= 0.6 is 0 Å². The largest absolute Gasteiger partial charge is 0.399 e. The van der Waals surface area contributed by atoms with Crippen LogP contribution in [0.15, 0.2) is 24.3 Å². The molecule has 0 spiro atoms. The van der Waals surface area contributed by atoms with Crippen molar-refractivity contribution in [2.45, 2.75) is 51.5 Å². The number of carbonyl (C=O) groups is 1. The molecule has 0 saturated heterocycles. The van der Waals surface area contributed by atoms with Crippen LogP contribution in [0.2, 0.25) is 0 Å². The van der Waals surface area contributed by atoms with E-state index in [0.717, 1.165) is 24.3 Å². The van der Waals surface area contributed by atoms with Gasteiger partial charge in [-0.15, -0.1) is 0 Å². The van der Waals surface area contributed by atoms with Crippen molar-refractivity contribution in [1.29, 1.82) is 0 Å². The van der Waals surface area contributed by atoms with Gasteiger partial charge in [0, 0.05) is 11.7 Å². The number of nitrogens with two attached hydrogens (primary N) is 1. The average molecular weight is 260 g/mol. The minimum Gasteiger partial charge on any atom is -0.399 e.